The van der Waals surface area contributed by atoms with Crippen molar-refractivity contribution in [2.24, 2.45) is 0 Å². The molecule has 1 N–H and O–H groups in total. The smallest absolute Gasteiger partial charge is 0.207 e. The molecule has 0 spiro atoms. The number of rotatable bonds is 4. The van der Waals surface area contributed by atoms with Gasteiger partial charge in [0.05, 0.1) is 11.7 Å². The van der Waals surface area contributed by atoms with Gasteiger partial charge in [-0.3, -0.25) is 0 Å². The first-order valence-corrected chi connectivity index (χ1v) is 8.99. The summed E-state index contributed by atoms with van der Waals surface area (Å²) in [5.41, 5.74) is 2.60. The average molecular weight is 333 g/mol. The molecular formula is C15H15N3O2S2. The van der Waals surface area contributed by atoms with Crippen LogP contribution in [-0.2, 0) is 10.0 Å². The van der Waals surface area contributed by atoms with Gasteiger partial charge in [-0.25, -0.2) is 13.1 Å². The zero-order valence-corrected chi connectivity index (χ0v) is 13.8. The van der Waals surface area contributed by atoms with E-state index in [-0.39, 0.29) is 10.9 Å². The van der Waals surface area contributed by atoms with Crippen LogP contribution in [0.1, 0.15) is 24.1 Å². The molecule has 0 saturated heterocycles. The van der Waals surface area contributed by atoms with Gasteiger partial charge in [0, 0.05) is 6.04 Å². The van der Waals surface area contributed by atoms with Gasteiger partial charge < -0.3 is 0 Å². The largest absolute Gasteiger partial charge is 0.243 e. The zero-order chi connectivity index (χ0) is 15.7. The number of hydrogen-bond donors (Lipinski definition) is 1. The van der Waals surface area contributed by atoms with Gasteiger partial charge >= 0.3 is 0 Å². The van der Waals surface area contributed by atoms with Crippen molar-refractivity contribution in [2.75, 3.05) is 0 Å². The Labute approximate surface area is 133 Å². The molecular weight excluding hydrogens is 318 g/mol. The number of nitrogens with one attached hydrogen (secondary N) is 1. The van der Waals surface area contributed by atoms with E-state index in [1.54, 1.807) is 19.1 Å². The fourth-order valence-electron chi connectivity index (χ4n) is 2.37. The topological polar surface area (TPSA) is 72.0 Å². The Morgan fingerprint density at radius 1 is 1.09 bits per heavy atom. The molecule has 1 atom stereocenters. The summed E-state index contributed by atoms with van der Waals surface area (Å²) in [4.78, 5) is 0.210. The highest BCUT2D eigenvalue weighted by Crippen LogP contribution is 2.26. The minimum Gasteiger partial charge on any atom is -0.207 e. The van der Waals surface area contributed by atoms with Crippen molar-refractivity contribution in [1.29, 1.82) is 0 Å². The van der Waals surface area contributed by atoms with Crippen LogP contribution in [0.15, 0.2) is 47.4 Å². The second-order valence-corrected chi connectivity index (χ2v) is 7.28. The van der Waals surface area contributed by atoms with Gasteiger partial charge in [-0.15, -0.1) is 0 Å². The summed E-state index contributed by atoms with van der Waals surface area (Å²) in [7, 11) is -3.68. The number of aryl methyl sites for hydroxylation is 1. The van der Waals surface area contributed by atoms with E-state index in [4.69, 9.17) is 0 Å². The lowest BCUT2D eigenvalue weighted by Gasteiger charge is -2.16. The van der Waals surface area contributed by atoms with Gasteiger partial charge in [0.15, 0.2) is 0 Å². The Morgan fingerprint density at radius 2 is 1.82 bits per heavy atom. The van der Waals surface area contributed by atoms with E-state index in [0.717, 1.165) is 17.3 Å². The van der Waals surface area contributed by atoms with E-state index in [1.807, 2.05) is 37.3 Å². The zero-order valence-electron chi connectivity index (χ0n) is 12.1. The maximum atomic E-state index is 12.8. The quantitative estimate of drug-likeness (QED) is 0.796. The van der Waals surface area contributed by atoms with Crippen LogP contribution in [0.5, 0.6) is 0 Å². The minimum absolute atomic E-state index is 0.210. The molecule has 1 aromatic heterocycles. The molecule has 0 aliphatic carbocycles. The normalized spacial score (nSPS) is 13.4. The number of aromatic nitrogens is 2. The van der Waals surface area contributed by atoms with Crippen molar-refractivity contribution < 1.29 is 8.42 Å². The van der Waals surface area contributed by atoms with E-state index >= 15 is 0 Å². The molecule has 1 heterocycles. The Balaban J connectivity index is 2.02. The van der Waals surface area contributed by atoms with Crippen LogP contribution in [0.2, 0.25) is 0 Å². The molecule has 0 radical (unpaired) electrons. The summed E-state index contributed by atoms with van der Waals surface area (Å²) in [6.07, 6.45) is 0. The van der Waals surface area contributed by atoms with Crippen molar-refractivity contribution in [1.82, 2.24) is 13.5 Å². The first-order valence-electron chi connectivity index (χ1n) is 6.78. The molecule has 5 nitrogen and oxygen atoms in total. The molecule has 0 aliphatic heterocycles. The molecule has 2 aromatic carbocycles. The summed E-state index contributed by atoms with van der Waals surface area (Å²) in [6.45, 7) is 3.59. The molecule has 0 bridgehead atoms. The summed E-state index contributed by atoms with van der Waals surface area (Å²) < 4.78 is 36.5. The van der Waals surface area contributed by atoms with Gasteiger partial charge in [-0.1, -0.05) is 36.4 Å². The molecule has 0 unspecified atom stereocenters. The highest BCUT2D eigenvalue weighted by atomic mass is 32.2. The van der Waals surface area contributed by atoms with Crippen molar-refractivity contribution >= 4 is 32.8 Å². The van der Waals surface area contributed by atoms with Crippen molar-refractivity contribution in [3.63, 3.8) is 0 Å². The maximum Gasteiger partial charge on any atom is 0.243 e. The molecule has 0 fully saturated rings. The third-order valence-corrected chi connectivity index (χ3v) is 5.74. The molecule has 22 heavy (non-hydrogen) atoms. The molecule has 0 amide bonds. The molecule has 0 saturated carbocycles. The Kier molecular flexibility index (Phi) is 3.94. The Hall–Kier alpha value is -1.83. The van der Waals surface area contributed by atoms with Crippen LogP contribution in [0.25, 0.3) is 11.0 Å². The summed E-state index contributed by atoms with van der Waals surface area (Å²) in [5, 5.41) is 0. The van der Waals surface area contributed by atoms with Crippen molar-refractivity contribution in [3.8, 4) is 0 Å². The number of fused-ring (bicyclic) bond motifs is 1. The SMILES string of the molecule is Cc1ccc2nsnc2c1S(=O)(=O)N[C@H](C)c1ccccc1. The third kappa shape index (κ3) is 2.75. The van der Waals surface area contributed by atoms with Crippen LogP contribution in [0, 0.1) is 6.92 Å². The van der Waals surface area contributed by atoms with E-state index in [2.05, 4.69) is 13.5 Å². The number of hydrogen-bond acceptors (Lipinski definition) is 5. The van der Waals surface area contributed by atoms with E-state index in [1.165, 1.54) is 0 Å². The lowest BCUT2D eigenvalue weighted by atomic mass is 10.1. The van der Waals surface area contributed by atoms with Gasteiger partial charge in [-0.05, 0) is 31.0 Å². The summed E-state index contributed by atoms with van der Waals surface area (Å²) >= 11 is 1.01. The second-order valence-electron chi connectivity index (χ2n) is 5.10. The number of sulfonamides is 1. The molecule has 3 aromatic rings. The molecule has 7 heteroatoms. The average Bonchev–Trinajstić information content (AvgIpc) is 2.95. The summed E-state index contributed by atoms with van der Waals surface area (Å²) in [5.74, 6) is 0. The van der Waals surface area contributed by atoms with Gasteiger partial charge in [-0.2, -0.15) is 8.75 Å². The highest BCUT2D eigenvalue weighted by Gasteiger charge is 2.24. The highest BCUT2D eigenvalue weighted by molar-refractivity contribution is 7.89. The molecule has 3 rings (SSSR count). The number of benzene rings is 2. The van der Waals surface area contributed by atoms with Crippen LogP contribution < -0.4 is 4.72 Å². The minimum atomic E-state index is -3.68. The Morgan fingerprint density at radius 3 is 2.55 bits per heavy atom. The first-order chi connectivity index (χ1) is 10.5. The fraction of sp³-hybridized carbons (Fsp3) is 0.200. The predicted octanol–water partition coefficient (Wildman–Crippen LogP) is 3.04. The molecule has 114 valence electrons. The lowest BCUT2D eigenvalue weighted by molar-refractivity contribution is 0.567. The summed E-state index contributed by atoms with van der Waals surface area (Å²) in [6, 6.07) is 12.7. The second kappa shape index (κ2) is 5.75. The van der Waals surface area contributed by atoms with Crippen LogP contribution >= 0.6 is 11.7 Å². The standard InChI is InChI=1S/C15H15N3O2S2/c1-10-8-9-13-14(17-21-16-13)15(10)22(19,20)18-11(2)12-6-4-3-5-7-12/h3-9,11,18H,1-2H3/t11-/m1/s1. The fourth-order valence-corrected chi connectivity index (χ4v) is 4.59. The number of nitrogens with zero attached hydrogens (tertiary/aromatic N) is 2. The molecule has 0 aliphatic rings. The lowest BCUT2D eigenvalue weighted by Crippen LogP contribution is -2.27. The van der Waals surface area contributed by atoms with E-state index < -0.39 is 10.0 Å². The van der Waals surface area contributed by atoms with Gasteiger partial charge in [0.25, 0.3) is 0 Å². The predicted molar refractivity (Wildman–Crippen MR) is 87.3 cm³/mol. The van der Waals surface area contributed by atoms with Gasteiger partial charge in [0.1, 0.15) is 15.9 Å². The monoisotopic (exact) mass is 333 g/mol. The van der Waals surface area contributed by atoms with Crippen LogP contribution in [-0.4, -0.2) is 17.2 Å². The maximum absolute atomic E-state index is 12.8. The van der Waals surface area contributed by atoms with E-state index in [0.29, 0.717) is 16.6 Å². The Bertz CT molecular complexity index is 905. The van der Waals surface area contributed by atoms with E-state index in [9.17, 15) is 8.42 Å². The van der Waals surface area contributed by atoms with Gasteiger partial charge in [0.2, 0.25) is 10.0 Å². The van der Waals surface area contributed by atoms with Crippen molar-refractivity contribution in [2.45, 2.75) is 24.8 Å². The van der Waals surface area contributed by atoms with Crippen LogP contribution in [0.4, 0.5) is 0 Å². The van der Waals surface area contributed by atoms with Crippen LogP contribution in [0.3, 0.4) is 0 Å². The first kappa shape index (κ1) is 15.1. The third-order valence-electron chi connectivity index (χ3n) is 3.48. The van der Waals surface area contributed by atoms with Crippen molar-refractivity contribution in [3.05, 3.63) is 53.6 Å².